The van der Waals surface area contributed by atoms with Gasteiger partial charge in [0.05, 0.1) is 16.7 Å². The molecule has 0 radical (unpaired) electrons. The van der Waals surface area contributed by atoms with Crippen LogP contribution in [0.4, 0.5) is 20.8 Å². The summed E-state index contributed by atoms with van der Waals surface area (Å²) in [5.74, 6) is -2.07. The van der Waals surface area contributed by atoms with Crippen molar-refractivity contribution in [2.45, 2.75) is 31.7 Å². The third-order valence-electron chi connectivity index (χ3n) is 5.59. The van der Waals surface area contributed by atoms with Crippen LogP contribution in [0.5, 0.6) is 5.75 Å². The summed E-state index contributed by atoms with van der Waals surface area (Å²) >= 11 is 0. The summed E-state index contributed by atoms with van der Waals surface area (Å²) in [7, 11) is 0. The number of hydrogen-bond donors (Lipinski definition) is 3. The van der Waals surface area contributed by atoms with Gasteiger partial charge in [-0.05, 0) is 42.8 Å². The number of ketones is 1. The first kappa shape index (κ1) is 24.3. The van der Waals surface area contributed by atoms with Crippen molar-refractivity contribution in [3.05, 3.63) is 76.9 Å². The van der Waals surface area contributed by atoms with E-state index in [1.165, 1.54) is 42.7 Å². The molecular formula is C25H21FN6O4. The van der Waals surface area contributed by atoms with Crippen LogP contribution in [-0.2, 0) is 0 Å². The summed E-state index contributed by atoms with van der Waals surface area (Å²) in [5.41, 5.74) is 6.09. The fourth-order valence-electron chi connectivity index (χ4n) is 3.65. The number of halogens is 1. The number of hydrogen-bond acceptors (Lipinski definition) is 8. The first-order chi connectivity index (χ1) is 17.3. The van der Waals surface area contributed by atoms with Gasteiger partial charge >= 0.3 is 12.0 Å². The molecule has 2 amide bonds. The summed E-state index contributed by atoms with van der Waals surface area (Å²) in [4.78, 5) is 45.5. The molecule has 1 fully saturated rings. The first-order valence-corrected chi connectivity index (χ1v) is 11.0. The highest BCUT2D eigenvalue weighted by Crippen LogP contribution is 2.47. The van der Waals surface area contributed by atoms with Gasteiger partial charge in [0.2, 0.25) is 0 Å². The summed E-state index contributed by atoms with van der Waals surface area (Å²) < 4.78 is 20.6. The van der Waals surface area contributed by atoms with E-state index in [1.807, 2.05) is 6.07 Å². The standard InChI is InChI=1S/C25H21FN6O4/c1-2-19(33)15-5-6-17(26)22(23(15)36-24(34)14-4-7-20(28)29-12-14)16-9-18(16)31-25(35)32-21-8-3-13(10-27)11-30-21/h3-8,11-12,16,18H,2,9H2,1H3,(H2,28,29)(H2,30,31,32,35). The van der Waals surface area contributed by atoms with E-state index in [1.54, 1.807) is 6.92 Å². The molecule has 36 heavy (non-hydrogen) atoms. The molecule has 2 atom stereocenters. The van der Waals surface area contributed by atoms with Gasteiger partial charge in [-0.3, -0.25) is 10.1 Å². The van der Waals surface area contributed by atoms with Crippen molar-refractivity contribution in [2.24, 2.45) is 0 Å². The number of benzene rings is 1. The Balaban J connectivity index is 1.55. The van der Waals surface area contributed by atoms with Gasteiger partial charge in [0, 0.05) is 36.3 Å². The molecule has 0 saturated heterocycles. The molecule has 1 aliphatic carbocycles. The number of esters is 1. The Morgan fingerprint density at radius 2 is 1.97 bits per heavy atom. The number of carbonyl (C=O) groups excluding carboxylic acids is 3. The number of urea groups is 1. The second kappa shape index (κ2) is 10.2. The molecule has 0 bridgehead atoms. The Kier molecular flexibility index (Phi) is 6.87. The molecule has 3 aromatic rings. The van der Waals surface area contributed by atoms with E-state index in [2.05, 4.69) is 20.6 Å². The van der Waals surface area contributed by atoms with Crippen molar-refractivity contribution < 1.29 is 23.5 Å². The number of ether oxygens (including phenoxy) is 1. The maximum atomic E-state index is 15.0. The molecular weight excluding hydrogens is 467 g/mol. The third-order valence-corrected chi connectivity index (χ3v) is 5.59. The van der Waals surface area contributed by atoms with Gasteiger partial charge in [-0.1, -0.05) is 6.92 Å². The van der Waals surface area contributed by atoms with Crippen molar-refractivity contribution in [1.82, 2.24) is 15.3 Å². The Morgan fingerprint density at radius 3 is 2.61 bits per heavy atom. The summed E-state index contributed by atoms with van der Waals surface area (Å²) in [6, 6.07) is 9.13. The van der Waals surface area contributed by atoms with E-state index in [0.29, 0.717) is 12.0 Å². The minimum Gasteiger partial charge on any atom is -0.422 e. The monoisotopic (exact) mass is 488 g/mol. The molecule has 11 heteroatoms. The topological polar surface area (TPSA) is 160 Å². The van der Waals surface area contributed by atoms with Gasteiger partial charge in [-0.25, -0.2) is 23.9 Å². The van der Waals surface area contributed by atoms with Crippen molar-refractivity contribution in [1.29, 1.82) is 5.26 Å². The summed E-state index contributed by atoms with van der Waals surface area (Å²) in [6.45, 7) is 1.64. The van der Waals surface area contributed by atoms with Crippen LogP contribution >= 0.6 is 0 Å². The van der Waals surface area contributed by atoms with Gasteiger partial charge in [0.15, 0.2) is 5.78 Å². The number of Topliss-reactive ketones (excluding diaryl/α,β-unsaturated/α-hetero) is 1. The second-order valence-corrected chi connectivity index (χ2v) is 8.07. The maximum Gasteiger partial charge on any atom is 0.345 e. The highest BCUT2D eigenvalue weighted by atomic mass is 19.1. The number of rotatable bonds is 7. The van der Waals surface area contributed by atoms with Crippen LogP contribution < -0.4 is 21.1 Å². The van der Waals surface area contributed by atoms with E-state index >= 15 is 4.39 Å². The molecule has 0 spiro atoms. The van der Waals surface area contributed by atoms with Crippen LogP contribution in [-0.4, -0.2) is 33.8 Å². The first-order valence-electron chi connectivity index (χ1n) is 11.0. The maximum absolute atomic E-state index is 15.0. The molecule has 2 heterocycles. The molecule has 2 aromatic heterocycles. The van der Waals surface area contributed by atoms with Crippen LogP contribution in [0.3, 0.4) is 0 Å². The van der Waals surface area contributed by atoms with E-state index in [-0.39, 0.29) is 46.3 Å². The molecule has 4 rings (SSSR count). The number of nitrogens with one attached hydrogen (secondary N) is 2. The summed E-state index contributed by atoms with van der Waals surface area (Å²) in [6.07, 6.45) is 3.02. The number of nitriles is 1. The predicted molar refractivity (Wildman–Crippen MR) is 127 cm³/mol. The number of amides is 2. The number of aromatic nitrogens is 2. The van der Waals surface area contributed by atoms with E-state index < -0.39 is 29.8 Å². The number of anilines is 2. The van der Waals surface area contributed by atoms with Crippen LogP contribution in [0, 0.1) is 17.1 Å². The Bertz CT molecular complexity index is 1370. The second-order valence-electron chi connectivity index (χ2n) is 8.07. The number of nitrogen functional groups attached to an aromatic ring is 1. The molecule has 2 unspecified atom stereocenters. The van der Waals surface area contributed by atoms with Crippen LogP contribution in [0.15, 0.2) is 48.8 Å². The van der Waals surface area contributed by atoms with Gasteiger partial charge in [-0.15, -0.1) is 0 Å². The van der Waals surface area contributed by atoms with Gasteiger partial charge in [-0.2, -0.15) is 5.26 Å². The van der Waals surface area contributed by atoms with Crippen molar-refractivity contribution in [3.8, 4) is 11.8 Å². The molecule has 0 aliphatic heterocycles. The van der Waals surface area contributed by atoms with Gasteiger partial charge in [0.25, 0.3) is 0 Å². The van der Waals surface area contributed by atoms with Gasteiger partial charge in [0.1, 0.15) is 29.3 Å². The SMILES string of the molecule is CCC(=O)c1ccc(F)c(C2CC2NC(=O)Nc2ccc(C#N)cn2)c1OC(=O)c1ccc(N)nc1. The largest absolute Gasteiger partial charge is 0.422 e. The van der Waals surface area contributed by atoms with Gasteiger partial charge < -0.3 is 15.8 Å². The lowest BCUT2D eigenvalue weighted by atomic mass is 10.00. The number of carbonyl (C=O) groups is 3. The number of nitrogens with two attached hydrogens (primary N) is 1. The number of pyridine rings is 2. The average Bonchev–Trinajstić information content (AvgIpc) is 3.62. The zero-order valence-electron chi connectivity index (χ0n) is 19.1. The van der Waals surface area contributed by atoms with E-state index in [0.717, 1.165) is 6.07 Å². The lowest BCUT2D eigenvalue weighted by Gasteiger charge is -2.15. The lowest BCUT2D eigenvalue weighted by molar-refractivity contribution is 0.0729. The zero-order chi connectivity index (χ0) is 25.8. The Labute approximate surface area is 205 Å². The minimum absolute atomic E-state index is 0.0350. The zero-order valence-corrected chi connectivity index (χ0v) is 19.1. The lowest BCUT2D eigenvalue weighted by Crippen LogP contribution is -2.31. The molecule has 1 aliphatic rings. The normalized spacial score (nSPS) is 15.9. The Hall–Kier alpha value is -4.85. The molecule has 1 saturated carbocycles. The molecule has 4 N–H and O–H groups in total. The molecule has 1 aromatic carbocycles. The summed E-state index contributed by atoms with van der Waals surface area (Å²) in [5, 5.41) is 14.1. The fraction of sp³-hybridized carbons (Fsp3) is 0.200. The predicted octanol–water partition coefficient (Wildman–Crippen LogP) is 3.56. The quantitative estimate of drug-likeness (QED) is 0.258. The number of nitrogens with zero attached hydrogens (tertiary/aromatic N) is 3. The molecule has 182 valence electrons. The van der Waals surface area contributed by atoms with Crippen LogP contribution in [0.1, 0.15) is 57.5 Å². The molecule has 10 nitrogen and oxygen atoms in total. The van der Waals surface area contributed by atoms with Crippen LogP contribution in [0.2, 0.25) is 0 Å². The van der Waals surface area contributed by atoms with E-state index in [9.17, 15) is 14.4 Å². The van der Waals surface area contributed by atoms with Crippen molar-refractivity contribution >= 4 is 29.4 Å². The van der Waals surface area contributed by atoms with Crippen molar-refractivity contribution in [2.75, 3.05) is 11.1 Å². The average molecular weight is 488 g/mol. The highest BCUT2D eigenvalue weighted by molar-refractivity contribution is 6.01. The van der Waals surface area contributed by atoms with Crippen molar-refractivity contribution in [3.63, 3.8) is 0 Å². The van der Waals surface area contributed by atoms with E-state index in [4.69, 9.17) is 15.7 Å². The smallest absolute Gasteiger partial charge is 0.345 e. The highest BCUT2D eigenvalue weighted by Gasteiger charge is 2.44. The third kappa shape index (κ3) is 5.28. The Morgan fingerprint density at radius 1 is 1.17 bits per heavy atom. The fourth-order valence-corrected chi connectivity index (χ4v) is 3.65. The van der Waals surface area contributed by atoms with Crippen LogP contribution in [0.25, 0.3) is 0 Å². The minimum atomic E-state index is -0.825.